The molecule has 1 aliphatic rings. The fourth-order valence-corrected chi connectivity index (χ4v) is 3.67. The molecule has 0 N–H and O–H groups in total. The quantitative estimate of drug-likeness (QED) is 0.765. The molecular formula is C19H20N2O3S. The van der Waals surface area contributed by atoms with E-state index in [0.717, 1.165) is 28.7 Å². The van der Waals surface area contributed by atoms with Crippen LogP contribution in [-0.4, -0.2) is 40.9 Å². The van der Waals surface area contributed by atoms with E-state index in [1.807, 2.05) is 22.9 Å². The third-order valence-electron chi connectivity index (χ3n) is 4.06. The molecule has 3 rings (SSSR count). The molecule has 0 aliphatic carbocycles. The van der Waals surface area contributed by atoms with Gasteiger partial charge in [0.1, 0.15) is 0 Å². The lowest BCUT2D eigenvalue weighted by atomic mass is 10.1. The SMILES string of the molecule is COCCN1C(=O)S/C(=C/c2cccn2-c2ccc(C)cc2C)C1=O. The van der Waals surface area contributed by atoms with Gasteiger partial charge in [0, 0.05) is 24.7 Å². The van der Waals surface area contributed by atoms with Crippen LogP contribution in [0.1, 0.15) is 16.8 Å². The van der Waals surface area contributed by atoms with E-state index in [2.05, 4.69) is 32.0 Å². The van der Waals surface area contributed by atoms with Crippen LogP contribution in [0.25, 0.3) is 11.8 Å². The second kappa shape index (κ2) is 7.29. The second-order valence-electron chi connectivity index (χ2n) is 5.92. The number of methoxy groups -OCH3 is 1. The Balaban J connectivity index is 1.92. The van der Waals surface area contributed by atoms with Crippen molar-refractivity contribution in [2.75, 3.05) is 20.3 Å². The number of rotatable bonds is 5. The molecule has 0 spiro atoms. The zero-order chi connectivity index (χ0) is 18.0. The maximum atomic E-state index is 12.5. The summed E-state index contributed by atoms with van der Waals surface area (Å²) in [5.41, 5.74) is 4.28. The van der Waals surface area contributed by atoms with Gasteiger partial charge in [0.15, 0.2) is 0 Å². The van der Waals surface area contributed by atoms with Crippen molar-refractivity contribution in [1.82, 2.24) is 9.47 Å². The van der Waals surface area contributed by atoms with Crippen molar-refractivity contribution in [3.63, 3.8) is 0 Å². The predicted molar refractivity (Wildman–Crippen MR) is 99.8 cm³/mol. The average molecular weight is 356 g/mol. The highest BCUT2D eigenvalue weighted by molar-refractivity contribution is 8.18. The van der Waals surface area contributed by atoms with E-state index >= 15 is 0 Å². The number of carbonyl (C=O) groups is 2. The fraction of sp³-hybridized carbons (Fsp3) is 0.263. The summed E-state index contributed by atoms with van der Waals surface area (Å²) in [6, 6.07) is 10.1. The van der Waals surface area contributed by atoms with E-state index in [4.69, 9.17) is 4.74 Å². The molecule has 0 radical (unpaired) electrons. The van der Waals surface area contributed by atoms with Crippen molar-refractivity contribution in [2.45, 2.75) is 13.8 Å². The van der Waals surface area contributed by atoms with E-state index in [1.54, 1.807) is 13.2 Å². The van der Waals surface area contributed by atoms with Crippen molar-refractivity contribution in [3.05, 3.63) is 58.3 Å². The standard InChI is InChI=1S/C19H20N2O3S/c1-13-6-7-16(14(2)11-13)20-8-4-5-15(20)12-17-18(22)21(9-10-24-3)19(23)25-17/h4-8,11-12H,9-10H2,1-3H3/b17-12+. The lowest BCUT2D eigenvalue weighted by Gasteiger charge is -2.12. The summed E-state index contributed by atoms with van der Waals surface area (Å²) in [6.07, 6.45) is 3.73. The Kier molecular flexibility index (Phi) is 5.11. The van der Waals surface area contributed by atoms with E-state index in [-0.39, 0.29) is 17.7 Å². The first-order valence-corrected chi connectivity index (χ1v) is 8.82. The van der Waals surface area contributed by atoms with Gasteiger partial charge in [0.05, 0.1) is 18.1 Å². The first-order chi connectivity index (χ1) is 12.0. The number of ether oxygens (including phenoxy) is 1. The van der Waals surface area contributed by atoms with E-state index in [9.17, 15) is 9.59 Å². The Hall–Kier alpha value is -2.31. The van der Waals surface area contributed by atoms with Gasteiger partial charge in [-0.05, 0) is 55.4 Å². The minimum Gasteiger partial charge on any atom is -0.383 e. The summed E-state index contributed by atoms with van der Waals surface area (Å²) in [6.45, 7) is 4.73. The zero-order valence-corrected chi connectivity index (χ0v) is 15.3. The number of hydrogen-bond acceptors (Lipinski definition) is 4. The second-order valence-corrected chi connectivity index (χ2v) is 6.91. The molecule has 25 heavy (non-hydrogen) atoms. The van der Waals surface area contributed by atoms with Crippen LogP contribution in [0, 0.1) is 13.8 Å². The maximum Gasteiger partial charge on any atom is 0.293 e. The molecule has 1 aromatic heterocycles. The predicted octanol–water partition coefficient (Wildman–Crippen LogP) is 3.78. The van der Waals surface area contributed by atoms with E-state index in [0.29, 0.717) is 11.5 Å². The first kappa shape index (κ1) is 17.5. The van der Waals surface area contributed by atoms with Gasteiger partial charge < -0.3 is 9.30 Å². The maximum absolute atomic E-state index is 12.5. The molecule has 1 fully saturated rings. The highest BCUT2D eigenvalue weighted by Gasteiger charge is 2.34. The lowest BCUT2D eigenvalue weighted by molar-refractivity contribution is -0.123. The molecule has 0 bridgehead atoms. The van der Waals surface area contributed by atoms with Crippen molar-refractivity contribution in [1.29, 1.82) is 0 Å². The fourth-order valence-electron chi connectivity index (χ4n) is 2.82. The average Bonchev–Trinajstić information content (AvgIpc) is 3.12. The number of thioether (sulfide) groups is 1. The molecule has 1 aromatic carbocycles. The van der Waals surface area contributed by atoms with Crippen LogP contribution in [0.4, 0.5) is 4.79 Å². The van der Waals surface area contributed by atoms with Crippen LogP contribution in [-0.2, 0) is 9.53 Å². The molecule has 6 heteroatoms. The Morgan fingerprint density at radius 2 is 2.00 bits per heavy atom. The molecular weight excluding hydrogens is 336 g/mol. The topological polar surface area (TPSA) is 51.5 Å². The number of imide groups is 1. The highest BCUT2D eigenvalue weighted by Crippen LogP contribution is 2.32. The monoisotopic (exact) mass is 356 g/mol. The van der Waals surface area contributed by atoms with Gasteiger partial charge in [-0.3, -0.25) is 14.5 Å². The van der Waals surface area contributed by atoms with Gasteiger partial charge in [0.25, 0.3) is 11.1 Å². The molecule has 1 saturated heterocycles. The molecule has 2 heterocycles. The van der Waals surface area contributed by atoms with Crippen molar-refractivity contribution in [3.8, 4) is 5.69 Å². The molecule has 130 valence electrons. The van der Waals surface area contributed by atoms with Crippen LogP contribution in [0.2, 0.25) is 0 Å². The Labute approximate surface area is 151 Å². The first-order valence-electron chi connectivity index (χ1n) is 8.00. The number of hydrogen-bond donors (Lipinski definition) is 0. The van der Waals surface area contributed by atoms with Crippen LogP contribution in [0.3, 0.4) is 0 Å². The molecule has 0 saturated carbocycles. The number of aromatic nitrogens is 1. The summed E-state index contributed by atoms with van der Waals surface area (Å²) in [4.78, 5) is 26.2. The van der Waals surface area contributed by atoms with Gasteiger partial charge in [-0.25, -0.2) is 0 Å². The molecule has 2 aromatic rings. The third kappa shape index (κ3) is 3.55. The van der Waals surface area contributed by atoms with Crippen LogP contribution >= 0.6 is 11.8 Å². The summed E-state index contributed by atoms with van der Waals surface area (Å²) in [5, 5.41) is -0.252. The van der Waals surface area contributed by atoms with Crippen LogP contribution < -0.4 is 0 Å². The number of aryl methyl sites for hydroxylation is 2. The normalized spacial score (nSPS) is 16.3. The molecule has 0 unspecified atom stereocenters. The number of benzene rings is 1. The Morgan fingerprint density at radius 1 is 1.20 bits per heavy atom. The third-order valence-corrected chi connectivity index (χ3v) is 4.97. The summed E-state index contributed by atoms with van der Waals surface area (Å²) < 4.78 is 6.99. The molecule has 0 atom stereocenters. The van der Waals surface area contributed by atoms with Gasteiger partial charge in [-0.2, -0.15) is 0 Å². The lowest BCUT2D eigenvalue weighted by Crippen LogP contribution is -2.31. The summed E-state index contributed by atoms with van der Waals surface area (Å²) in [5.74, 6) is -0.263. The van der Waals surface area contributed by atoms with E-state index < -0.39 is 0 Å². The zero-order valence-electron chi connectivity index (χ0n) is 14.5. The molecule has 5 nitrogen and oxygen atoms in total. The van der Waals surface area contributed by atoms with Crippen LogP contribution in [0.15, 0.2) is 41.4 Å². The highest BCUT2D eigenvalue weighted by atomic mass is 32.2. The molecule has 2 amide bonds. The van der Waals surface area contributed by atoms with Gasteiger partial charge in [-0.1, -0.05) is 17.7 Å². The Morgan fingerprint density at radius 3 is 2.72 bits per heavy atom. The minimum absolute atomic E-state index is 0.252. The summed E-state index contributed by atoms with van der Waals surface area (Å²) >= 11 is 0.971. The smallest absolute Gasteiger partial charge is 0.293 e. The number of amides is 2. The van der Waals surface area contributed by atoms with Crippen molar-refractivity contribution >= 4 is 29.0 Å². The molecule has 1 aliphatic heterocycles. The Bertz CT molecular complexity index is 854. The summed E-state index contributed by atoms with van der Waals surface area (Å²) in [7, 11) is 1.55. The van der Waals surface area contributed by atoms with Gasteiger partial charge in [-0.15, -0.1) is 0 Å². The largest absolute Gasteiger partial charge is 0.383 e. The number of carbonyl (C=O) groups excluding carboxylic acids is 2. The van der Waals surface area contributed by atoms with Gasteiger partial charge in [0.2, 0.25) is 0 Å². The van der Waals surface area contributed by atoms with Crippen molar-refractivity contribution in [2.24, 2.45) is 0 Å². The minimum atomic E-state index is -0.263. The van der Waals surface area contributed by atoms with Crippen molar-refractivity contribution < 1.29 is 14.3 Å². The van der Waals surface area contributed by atoms with E-state index in [1.165, 1.54) is 10.5 Å². The number of nitrogens with zero attached hydrogens (tertiary/aromatic N) is 2. The van der Waals surface area contributed by atoms with Crippen LogP contribution in [0.5, 0.6) is 0 Å². The van der Waals surface area contributed by atoms with Gasteiger partial charge >= 0.3 is 0 Å².